The summed E-state index contributed by atoms with van der Waals surface area (Å²) in [5.41, 5.74) is 0. The minimum absolute atomic E-state index is 0.333. The molecule has 0 aliphatic heterocycles. The van der Waals surface area contributed by atoms with Crippen molar-refractivity contribution in [3.05, 3.63) is 24.4 Å². The molecule has 0 aromatic carbocycles. The zero-order chi connectivity index (χ0) is 6.53. The maximum atomic E-state index is 8.01. The summed E-state index contributed by atoms with van der Waals surface area (Å²) < 4.78 is 4.40. The Labute approximate surface area is 52.5 Å². The molecule has 0 fully saturated rings. The summed E-state index contributed by atoms with van der Waals surface area (Å²) in [4.78, 5) is 3.72. The van der Waals surface area contributed by atoms with Crippen LogP contribution in [0, 0.1) is 11.5 Å². The fourth-order valence-electron chi connectivity index (χ4n) is 0.454. The number of aromatic nitrogens is 1. The first kappa shape index (κ1) is 5.57. The second-order valence-corrected chi connectivity index (χ2v) is 1.36. The van der Waals surface area contributed by atoms with E-state index in [0.29, 0.717) is 5.88 Å². The lowest BCUT2D eigenvalue weighted by Crippen LogP contribution is -1.82. The molecule has 0 spiro atoms. The van der Waals surface area contributed by atoms with E-state index >= 15 is 0 Å². The third-order valence-corrected chi connectivity index (χ3v) is 0.788. The number of rotatable bonds is 1. The molecule has 0 saturated carbocycles. The summed E-state index contributed by atoms with van der Waals surface area (Å²) in [7, 11) is 0. The highest BCUT2D eigenvalue weighted by Crippen LogP contribution is 2.00. The SMILES string of the molecule is N#COc1ccccn1. The first-order chi connectivity index (χ1) is 4.43. The average molecular weight is 120 g/mol. The van der Waals surface area contributed by atoms with Gasteiger partial charge in [-0.05, 0) is 6.07 Å². The topological polar surface area (TPSA) is 45.9 Å². The molecule has 0 unspecified atom stereocenters. The first-order valence-electron chi connectivity index (χ1n) is 2.40. The summed E-state index contributed by atoms with van der Waals surface area (Å²) in [6.45, 7) is 0. The maximum Gasteiger partial charge on any atom is 0.293 e. The molecule has 0 atom stereocenters. The molecule has 0 radical (unpaired) electrons. The Morgan fingerprint density at radius 2 is 2.44 bits per heavy atom. The Kier molecular flexibility index (Phi) is 1.66. The molecule has 0 aliphatic carbocycles. The highest BCUT2D eigenvalue weighted by molar-refractivity contribution is 5.10. The van der Waals surface area contributed by atoms with E-state index in [0.717, 1.165) is 0 Å². The van der Waals surface area contributed by atoms with Crippen LogP contribution in [0.2, 0.25) is 0 Å². The van der Waals surface area contributed by atoms with E-state index < -0.39 is 0 Å². The van der Waals surface area contributed by atoms with Crippen LogP contribution in [0.1, 0.15) is 0 Å². The maximum absolute atomic E-state index is 8.01. The summed E-state index contributed by atoms with van der Waals surface area (Å²) >= 11 is 0. The molecule has 0 amide bonds. The average Bonchev–Trinajstić information content (AvgIpc) is 1.91. The van der Waals surface area contributed by atoms with Crippen molar-refractivity contribution in [2.45, 2.75) is 0 Å². The quantitative estimate of drug-likeness (QED) is 0.518. The van der Waals surface area contributed by atoms with Crippen molar-refractivity contribution < 1.29 is 4.74 Å². The molecule has 3 heteroatoms. The molecule has 1 aromatic rings. The number of nitrogens with zero attached hydrogens (tertiary/aromatic N) is 2. The number of hydrogen-bond donors (Lipinski definition) is 0. The molecule has 1 aromatic heterocycles. The van der Waals surface area contributed by atoms with Gasteiger partial charge in [-0.1, -0.05) is 6.07 Å². The fourth-order valence-corrected chi connectivity index (χ4v) is 0.454. The van der Waals surface area contributed by atoms with Gasteiger partial charge in [0, 0.05) is 12.3 Å². The second kappa shape index (κ2) is 2.68. The van der Waals surface area contributed by atoms with Crippen molar-refractivity contribution in [3.63, 3.8) is 0 Å². The van der Waals surface area contributed by atoms with E-state index in [9.17, 15) is 0 Å². The van der Waals surface area contributed by atoms with E-state index in [1.54, 1.807) is 24.4 Å². The van der Waals surface area contributed by atoms with Crippen molar-refractivity contribution in [1.82, 2.24) is 4.98 Å². The summed E-state index contributed by atoms with van der Waals surface area (Å²) in [6, 6.07) is 5.12. The van der Waals surface area contributed by atoms with Gasteiger partial charge in [-0.25, -0.2) is 4.98 Å². The van der Waals surface area contributed by atoms with Gasteiger partial charge in [0.1, 0.15) is 0 Å². The summed E-state index contributed by atoms with van der Waals surface area (Å²) in [5, 5.41) is 8.01. The number of nitriles is 1. The predicted octanol–water partition coefficient (Wildman–Crippen LogP) is 0.941. The van der Waals surface area contributed by atoms with Crippen LogP contribution in [0.15, 0.2) is 24.4 Å². The van der Waals surface area contributed by atoms with E-state index in [1.165, 1.54) is 6.26 Å². The molecule has 1 heterocycles. The van der Waals surface area contributed by atoms with Crippen LogP contribution in [0.5, 0.6) is 5.88 Å². The molecular weight excluding hydrogens is 116 g/mol. The van der Waals surface area contributed by atoms with Crippen LogP contribution in [0.3, 0.4) is 0 Å². The summed E-state index contributed by atoms with van der Waals surface area (Å²) in [6.07, 6.45) is 3.08. The van der Waals surface area contributed by atoms with Crippen LogP contribution >= 0.6 is 0 Å². The molecule has 0 bridgehead atoms. The monoisotopic (exact) mass is 120 g/mol. The van der Waals surface area contributed by atoms with Gasteiger partial charge in [-0.3, -0.25) is 0 Å². The van der Waals surface area contributed by atoms with Gasteiger partial charge < -0.3 is 4.74 Å². The Morgan fingerprint density at radius 1 is 1.56 bits per heavy atom. The highest BCUT2D eigenvalue weighted by Gasteiger charge is 1.86. The van der Waals surface area contributed by atoms with Crippen molar-refractivity contribution in [2.24, 2.45) is 0 Å². The molecule has 0 N–H and O–H groups in total. The van der Waals surface area contributed by atoms with Crippen molar-refractivity contribution in [2.75, 3.05) is 0 Å². The van der Waals surface area contributed by atoms with E-state index in [4.69, 9.17) is 5.26 Å². The van der Waals surface area contributed by atoms with Crippen LogP contribution in [0.25, 0.3) is 0 Å². The van der Waals surface area contributed by atoms with Gasteiger partial charge in [-0.15, -0.1) is 5.26 Å². The lowest BCUT2D eigenvalue weighted by molar-refractivity contribution is 0.486. The lowest BCUT2D eigenvalue weighted by Gasteiger charge is -1.88. The van der Waals surface area contributed by atoms with Gasteiger partial charge in [-0.2, -0.15) is 0 Å². The smallest absolute Gasteiger partial charge is 0.293 e. The van der Waals surface area contributed by atoms with Crippen LogP contribution in [-0.2, 0) is 0 Å². The second-order valence-electron chi connectivity index (χ2n) is 1.36. The van der Waals surface area contributed by atoms with Gasteiger partial charge in [0.05, 0.1) is 0 Å². The number of pyridine rings is 1. The summed E-state index contributed by atoms with van der Waals surface area (Å²) in [5.74, 6) is 0.333. The predicted molar refractivity (Wildman–Crippen MR) is 30.5 cm³/mol. The third kappa shape index (κ3) is 1.42. The Balaban J connectivity index is 2.76. The van der Waals surface area contributed by atoms with Crippen molar-refractivity contribution in [3.8, 4) is 12.1 Å². The standard InChI is InChI=1S/C6H4N2O/c7-5-9-6-3-1-2-4-8-6/h1-4H. The highest BCUT2D eigenvalue weighted by atomic mass is 16.5. The lowest BCUT2D eigenvalue weighted by atomic mass is 10.5. The number of ether oxygens (including phenoxy) is 1. The van der Waals surface area contributed by atoms with E-state index in [-0.39, 0.29) is 0 Å². The van der Waals surface area contributed by atoms with Crippen LogP contribution < -0.4 is 4.74 Å². The van der Waals surface area contributed by atoms with E-state index in [1.807, 2.05) is 0 Å². The minimum atomic E-state index is 0.333. The normalized spacial score (nSPS) is 7.89. The third-order valence-electron chi connectivity index (χ3n) is 0.788. The van der Waals surface area contributed by atoms with E-state index in [2.05, 4.69) is 9.72 Å². The van der Waals surface area contributed by atoms with Crippen LogP contribution in [-0.4, -0.2) is 4.98 Å². The number of hydrogen-bond acceptors (Lipinski definition) is 3. The van der Waals surface area contributed by atoms with Crippen molar-refractivity contribution in [1.29, 1.82) is 5.26 Å². The largest absolute Gasteiger partial charge is 0.367 e. The molecular formula is C6H4N2O. The molecule has 0 aliphatic rings. The first-order valence-corrected chi connectivity index (χ1v) is 2.40. The zero-order valence-electron chi connectivity index (χ0n) is 4.61. The Hall–Kier alpha value is -1.56. The molecule has 1 rings (SSSR count). The Morgan fingerprint density at radius 3 is 3.00 bits per heavy atom. The minimum Gasteiger partial charge on any atom is -0.367 e. The Bertz CT molecular complexity index is 214. The van der Waals surface area contributed by atoms with Crippen LogP contribution in [0.4, 0.5) is 0 Å². The van der Waals surface area contributed by atoms with Gasteiger partial charge in [0.25, 0.3) is 6.26 Å². The van der Waals surface area contributed by atoms with Gasteiger partial charge in [0.2, 0.25) is 5.88 Å². The zero-order valence-corrected chi connectivity index (χ0v) is 4.61. The molecule has 44 valence electrons. The molecule has 0 saturated heterocycles. The molecule has 3 nitrogen and oxygen atoms in total. The van der Waals surface area contributed by atoms with Gasteiger partial charge >= 0.3 is 0 Å². The van der Waals surface area contributed by atoms with Gasteiger partial charge in [0.15, 0.2) is 0 Å². The van der Waals surface area contributed by atoms with Crippen molar-refractivity contribution >= 4 is 0 Å². The molecule has 9 heavy (non-hydrogen) atoms. The fraction of sp³-hybridized carbons (Fsp3) is 0.